The summed E-state index contributed by atoms with van der Waals surface area (Å²) in [6.45, 7) is -0.447. The fourth-order valence-electron chi connectivity index (χ4n) is 2.24. The summed E-state index contributed by atoms with van der Waals surface area (Å²) >= 11 is 0. The van der Waals surface area contributed by atoms with E-state index in [2.05, 4.69) is 15.0 Å². The second-order valence-electron chi connectivity index (χ2n) is 4.50. The number of nitrogen functional groups attached to an aromatic ring is 1. The first-order valence-electron chi connectivity index (χ1n) is 5.87. The Hall–Kier alpha value is -2.01. The fourth-order valence-corrected chi connectivity index (χ4v) is 2.24. The van der Waals surface area contributed by atoms with Gasteiger partial charge in [0.1, 0.15) is 18.3 Å². The first kappa shape index (κ1) is 13.0. The number of ether oxygens (including phenoxy) is 1. The van der Waals surface area contributed by atoms with Gasteiger partial charge in [-0.05, 0) is 0 Å². The number of fused-ring (bicyclic) bond motifs is 1. The molecule has 1 aliphatic heterocycles. The van der Waals surface area contributed by atoms with Crippen molar-refractivity contribution in [1.82, 2.24) is 19.5 Å². The number of H-pyrrole nitrogens is 1. The van der Waals surface area contributed by atoms with E-state index in [-0.39, 0.29) is 17.1 Å². The summed E-state index contributed by atoms with van der Waals surface area (Å²) in [5.41, 5.74) is 5.12. The summed E-state index contributed by atoms with van der Waals surface area (Å²) in [5, 5.41) is 28.7. The minimum Gasteiger partial charge on any atom is -0.394 e. The van der Waals surface area contributed by atoms with Crippen LogP contribution in [-0.2, 0) is 4.74 Å². The maximum atomic E-state index is 11.7. The Morgan fingerprint density at radius 3 is 2.85 bits per heavy atom. The van der Waals surface area contributed by atoms with Gasteiger partial charge in [0, 0.05) is 0 Å². The summed E-state index contributed by atoms with van der Waals surface area (Å²) < 4.78 is 6.64. The fraction of sp³-hybridized carbons (Fsp3) is 0.500. The molecule has 3 heterocycles. The van der Waals surface area contributed by atoms with Crippen molar-refractivity contribution in [2.75, 3.05) is 12.3 Å². The maximum Gasteiger partial charge on any atom is 0.280 e. The van der Waals surface area contributed by atoms with E-state index < -0.39 is 36.7 Å². The Balaban J connectivity index is 2.09. The highest BCUT2D eigenvalue weighted by molar-refractivity contribution is 5.70. The minimum absolute atomic E-state index is 0.0388. The third-order valence-electron chi connectivity index (χ3n) is 3.24. The number of hydrogen-bond acceptors (Lipinski definition) is 8. The molecule has 0 radical (unpaired) electrons. The number of aromatic nitrogens is 4. The predicted octanol–water partition coefficient (Wildman–Crippen LogP) is -2.69. The number of aromatic amines is 1. The zero-order valence-corrected chi connectivity index (χ0v) is 10.2. The van der Waals surface area contributed by atoms with Crippen molar-refractivity contribution in [2.45, 2.75) is 24.5 Å². The highest BCUT2D eigenvalue weighted by atomic mass is 16.6. The van der Waals surface area contributed by atoms with Crippen LogP contribution in [-0.4, -0.2) is 59.8 Å². The van der Waals surface area contributed by atoms with Crippen LogP contribution in [0.2, 0.25) is 0 Å². The summed E-state index contributed by atoms with van der Waals surface area (Å²) in [6.07, 6.45) is -3.21. The zero-order chi connectivity index (χ0) is 14.4. The molecule has 0 spiro atoms. The smallest absolute Gasteiger partial charge is 0.280 e. The number of aliphatic hydroxyl groups is 3. The van der Waals surface area contributed by atoms with E-state index in [0.717, 1.165) is 0 Å². The quantitative estimate of drug-likeness (QED) is 0.398. The lowest BCUT2D eigenvalue weighted by atomic mass is 10.1. The van der Waals surface area contributed by atoms with Gasteiger partial charge in [-0.3, -0.25) is 14.3 Å². The molecule has 0 aliphatic carbocycles. The molecule has 1 fully saturated rings. The van der Waals surface area contributed by atoms with Crippen LogP contribution < -0.4 is 11.3 Å². The van der Waals surface area contributed by atoms with Crippen molar-refractivity contribution in [3.63, 3.8) is 0 Å². The average Bonchev–Trinajstić information content (AvgIpc) is 2.93. The van der Waals surface area contributed by atoms with E-state index >= 15 is 0 Å². The molecule has 0 saturated carbocycles. The van der Waals surface area contributed by atoms with Crippen LogP contribution in [0.5, 0.6) is 0 Å². The second-order valence-corrected chi connectivity index (χ2v) is 4.50. The molecule has 10 nitrogen and oxygen atoms in total. The van der Waals surface area contributed by atoms with Crippen molar-refractivity contribution in [2.24, 2.45) is 0 Å². The van der Waals surface area contributed by atoms with Crippen molar-refractivity contribution in [1.29, 1.82) is 0 Å². The van der Waals surface area contributed by atoms with Gasteiger partial charge in [0.2, 0.25) is 5.95 Å². The van der Waals surface area contributed by atoms with Crippen LogP contribution in [0.25, 0.3) is 11.2 Å². The lowest BCUT2D eigenvalue weighted by Crippen LogP contribution is -2.33. The first-order chi connectivity index (χ1) is 9.52. The van der Waals surface area contributed by atoms with E-state index in [0.29, 0.717) is 0 Å². The van der Waals surface area contributed by atoms with E-state index in [9.17, 15) is 15.0 Å². The number of anilines is 1. The SMILES string of the molecule is Nc1nc2c(ncn2[C@@H]2O[C@H](CO)[C@H](O)C2O)c(=O)[nH]1. The molecular weight excluding hydrogens is 270 g/mol. The lowest BCUT2D eigenvalue weighted by Gasteiger charge is -2.16. The molecular formula is C10H13N5O5. The molecule has 2 aromatic heterocycles. The van der Waals surface area contributed by atoms with Gasteiger partial charge in [-0.2, -0.15) is 4.98 Å². The van der Waals surface area contributed by atoms with Crippen LogP contribution in [0.15, 0.2) is 11.1 Å². The molecule has 20 heavy (non-hydrogen) atoms. The maximum absolute atomic E-state index is 11.7. The van der Waals surface area contributed by atoms with E-state index in [1.54, 1.807) is 0 Å². The summed E-state index contributed by atoms with van der Waals surface area (Å²) in [6, 6.07) is 0. The Labute approximate surface area is 111 Å². The van der Waals surface area contributed by atoms with Gasteiger partial charge >= 0.3 is 0 Å². The number of nitrogens with zero attached hydrogens (tertiary/aromatic N) is 3. The molecule has 0 bridgehead atoms. The van der Waals surface area contributed by atoms with Crippen LogP contribution >= 0.6 is 0 Å². The summed E-state index contributed by atoms with van der Waals surface area (Å²) in [7, 11) is 0. The minimum atomic E-state index is -1.29. The van der Waals surface area contributed by atoms with Gasteiger partial charge < -0.3 is 25.8 Å². The van der Waals surface area contributed by atoms with Crippen LogP contribution in [0, 0.1) is 0 Å². The lowest BCUT2D eigenvalue weighted by molar-refractivity contribution is -0.0511. The van der Waals surface area contributed by atoms with Gasteiger partial charge in [0.15, 0.2) is 17.4 Å². The van der Waals surface area contributed by atoms with Gasteiger partial charge in [-0.1, -0.05) is 0 Å². The Morgan fingerprint density at radius 1 is 1.45 bits per heavy atom. The van der Waals surface area contributed by atoms with E-state index in [4.69, 9.17) is 15.6 Å². The molecule has 6 N–H and O–H groups in total. The van der Waals surface area contributed by atoms with Crippen LogP contribution in [0.4, 0.5) is 5.95 Å². The Morgan fingerprint density at radius 2 is 2.20 bits per heavy atom. The molecule has 3 rings (SSSR count). The molecule has 4 atom stereocenters. The van der Waals surface area contributed by atoms with Gasteiger partial charge in [-0.25, -0.2) is 4.98 Å². The van der Waals surface area contributed by atoms with Crippen molar-refractivity contribution in [3.8, 4) is 0 Å². The topological polar surface area (TPSA) is 160 Å². The molecule has 10 heteroatoms. The highest BCUT2D eigenvalue weighted by Gasteiger charge is 2.44. The van der Waals surface area contributed by atoms with Crippen LogP contribution in [0.1, 0.15) is 6.23 Å². The standard InChI is InChI=1S/C10H13N5O5/c11-10-13-7-4(8(19)14-10)12-2-15(7)9-6(18)5(17)3(1-16)20-9/h2-3,5-6,9,16-18H,1H2,(H3,11,13,14,19)/t3-,5+,6?,9-/m1/s1. The predicted molar refractivity (Wildman–Crippen MR) is 65.6 cm³/mol. The number of nitrogens with two attached hydrogens (primary N) is 1. The molecule has 108 valence electrons. The van der Waals surface area contributed by atoms with Gasteiger partial charge in [0.25, 0.3) is 5.56 Å². The summed E-state index contributed by atoms with van der Waals surface area (Å²) in [5.74, 6) is -0.101. The monoisotopic (exact) mass is 283 g/mol. The van der Waals surface area contributed by atoms with Crippen molar-refractivity contribution in [3.05, 3.63) is 16.7 Å². The van der Waals surface area contributed by atoms with E-state index in [1.807, 2.05) is 0 Å². The van der Waals surface area contributed by atoms with Gasteiger partial charge in [-0.15, -0.1) is 0 Å². The number of hydrogen-bond donors (Lipinski definition) is 5. The number of rotatable bonds is 2. The van der Waals surface area contributed by atoms with Crippen LogP contribution in [0.3, 0.4) is 0 Å². The Kier molecular flexibility index (Phi) is 2.94. The highest BCUT2D eigenvalue weighted by Crippen LogP contribution is 2.30. The average molecular weight is 283 g/mol. The largest absolute Gasteiger partial charge is 0.394 e. The third kappa shape index (κ3) is 1.78. The first-order valence-corrected chi connectivity index (χ1v) is 5.87. The molecule has 0 aromatic carbocycles. The third-order valence-corrected chi connectivity index (χ3v) is 3.24. The number of imidazole rings is 1. The van der Waals surface area contributed by atoms with E-state index in [1.165, 1.54) is 10.9 Å². The summed E-state index contributed by atoms with van der Waals surface area (Å²) in [4.78, 5) is 21.8. The molecule has 1 unspecified atom stereocenters. The molecule has 0 amide bonds. The second kappa shape index (κ2) is 4.52. The number of aliphatic hydroxyl groups excluding tert-OH is 3. The molecule has 1 saturated heterocycles. The van der Waals surface area contributed by atoms with Crippen molar-refractivity contribution < 1.29 is 20.1 Å². The number of nitrogens with one attached hydrogen (secondary N) is 1. The molecule has 1 aliphatic rings. The molecule has 2 aromatic rings. The van der Waals surface area contributed by atoms with Crippen molar-refractivity contribution >= 4 is 17.1 Å². The van der Waals surface area contributed by atoms with Gasteiger partial charge in [0.05, 0.1) is 12.9 Å². The zero-order valence-electron chi connectivity index (χ0n) is 10.2. The Bertz CT molecular complexity index is 697. The normalized spacial score (nSPS) is 30.1.